The van der Waals surface area contributed by atoms with E-state index in [9.17, 15) is 14.7 Å². The second-order valence-corrected chi connectivity index (χ2v) is 9.31. The van der Waals surface area contributed by atoms with Crippen LogP contribution in [0.4, 0.5) is 0 Å². The molecule has 0 bridgehead atoms. The number of likely N-dealkylation sites (N-methyl/N-ethyl adjacent to an activating group) is 1. The summed E-state index contributed by atoms with van der Waals surface area (Å²) in [6.45, 7) is 4.46. The fraction of sp³-hybridized carbons (Fsp3) is 0.444. The lowest BCUT2D eigenvalue weighted by Crippen LogP contribution is -2.50. The number of ether oxygens (including phenoxy) is 1. The first kappa shape index (κ1) is 23.8. The summed E-state index contributed by atoms with van der Waals surface area (Å²) in [5.41, 5.74) is 1.78. The van der Waals surface area contributed by atoms with Crippen LogP contribution in [0.2, 0.25) is 0 Å². The van der Waals surface area contributed by atoms with Crippen molar-refractivity contribution < 1.29 is 19.4 Å². The molecule has 1 aromatic carbocycles. The predicted molar refractivity (Wildman–Crippen MR) is 128 cm³/mol. The molecule has 1 aliphatic heterocycles. The minimum absolute atomic E-state index is 0.0695. The molecule has 2 aromatic rings. The highest BCUT2D eigenvalue weighted by molar-refractivity contribution is 5.97. The predicted octanol–water partition coefficient (Wildman–Crippen LogP) is 2.57. The van der Waals surface area contributed by atoms with Crippen molar-refractivity contribution in [3.05, 3.63) is 59.3 Å². The van der Waals surface area contributed by atoms with Crippen molar-refractivity contribution in [1.29, 1.82) is 0 Å². The molecular weight excluding hydrogens is 430 g/mol. The molecule has 2 aliphatic rings. The lowest BCUT2D eigenvalue weighted by atomic mass is 9.99. The molecule has 34 heavy (non-hydrogen) atoms. The molecule has 0 unspecified atom stereocenters. The van der Waals surface area contributed by atoms with Crippen LogP contribution in [0, 0.1) is 23.7 Å². The summed E-state index contributed by atoms with van der Waals surface area (Å²) < 4.78 is 6.26. The van der Waals surface area contributed by atoms with E-state index in [0.717, 1.165) is 18.4 Å². The van der Waals surface area contributed by atoms with Crippen LogP contribution in [0.15, 0.2) is 42.6 Å². The fourth-order valence-corrected chi connectivity index (χ4v) is 4.06. The van der Waals surface area contributed by atoms with Crippen molar-refractivity contribution in [2.45, 2.75) is 38.8 Å². The van der Waals surface area contributed by atoms with Crippen LogP contribution in [-0.2, 0) is 4.79 Å². The lowest BCUT2D eigenvalue weighted by Gasteiger charge is -2.37. The summed E-state index contributed by atoms with van der Waals surface area (Å²) in [6, 6.07) is 10.9. The van der Waals surface area contributed by atoms with Crippen molar-refractivity contribution in [3.8, 4) is 17.7 Å². The molecule has 1 aromatic heterocycles. The SMILES string of the molecule is C[C@@H]1CN([C@@H](C)CO)C(=O)c2cc(C#Cc3ccccc3)cnc2O[C@H]1CN(C)C(=O)C1CC1. The minimum Gasteiger partial charge on any atom is -0.472 e. The van der Waals surface area contributed by atoms with Crippen LogP contribution in [0.3, 0.4) is 0 Å². The molecule has 1 aliphatic carbocycles. The third-order valence-corrected chi connectivity index (χ3v) is 6.40. The van der Waals surface area contributed by atoms with Gasteiger partial charge in [0.1, 0.15) is 11.7 Å². The van der Waals surface area contributed by atoms with Gasteiger partial charge in [0.25, 0.3) is 5.91 Å². The Morgan fingerprint density at radius 2 is 1.97 bits per heavy atom. The van der Waals surface area contributed by atoms with E-state index in [1.165, 1.54) is 0 Å². The second-order valence-electron chi connectivity index (χ2n) is 9.31. The molecule has 2 amide bonds. The van der Waals surface area contributed by atoms with Gasteiger partial charge in [-0.1, -0.05) is 37.0 Å². The van der Waals surface area contributed by atoms with E-state index in [-0.39, 0.29) is 48.3 Å². The Morgan fingerprint density at radius 3 is 2.65 bits per heavy atom. The molecule has 0 spiro atoms. The molecule has 7 nitrogen and oxygen atoms in total. The molecule has 7 heteroatoms. The number of rotatable bonds is 5. The summed E-state index contributed by atoms with van der Waals surface area (Å²) in [4.78, 5) is 33.8. The lowest BCUT2D eigenvalue weighted by molar-refractivity contribution is -0.132. The number of fused-ring (bicyclic) bond motifs is 1. The summed E-state index contributed by atoms with van der Waals surface area (Å²) in [5.74, 6) is 6.33. The highest BCUT2D eigenvalue weighted by atomic mass is 16.5. The summed E-state index contributed by atoms with van der Waals surface area (Å²) >= 11 is 0. The molecule has 1 N–H and O–H groups in total. The number of nitrogens with zero attached hydrogens (tertiary/aromatic N) is 3. The number of aliphatic hydroxyl groups is 1. The van der Waals surface area contributed by atoms with Crippen LogP contribution in [0.1, 0.15) is 48.2 Å². The largest absolute Gasteiger partial charge is 0.472 e. The first-order valence-corrected chi connectivity index (χ1v) is 11.8. The molecule has 0 radical (unpaired) electrons. The third-order valence-electron chi connectivity index (χ3n) is 6.40. The number of amides is 2. The Morgan fingerprint density at radius 1 is 1.26 bits per heavy atom. The van der Waals surface area contributed by atoms with Gasteiger partial charge in [-0.25, -0.2) is 4.98 Å². The Labute approximate surface area is 200 Å². The second kappa shape index (κ2) is 10.3. The van der Waals surface area contributed by atoms with E-state index < -0.39 is 0 Å². The number of carbonyl (C=O) groups is 2. The molecule has 1 fully saturated rings. The van der Waals surface area contributed by atoms with E-state index in [4.69, 9.17) is 4.74 Å². The average Bonchev–Trinajstić information content (AvgIpc) is 3.70. The zero-order valence-electron chi connectivity index (χ0n) is 19.9. The number of benzene rings is 1. The number of aromatic nitrogens is 1. The average molecular weight is 462 g/mol. The van der Waals surface area contributed by atoms with Gasteiger partial charge in [-0.3, -0.25) is 9.59 Å². The van der Waals surface area contributed by atoms with Gasteiger partial charge < -0.3 is 19.6 Å². The normalized spacial score (nSPS) is 20.7. The summed E-state index contributed by atoms with van der Waals surface area (Å²) in [7, 11) is 1.80. The smallest absolute Gasteiger partial charge is 0.259 e. The van der Waals surface area contributed by atoms with Crippen molar-refractivity contribution in [2.75, 3.05) is 26.7 Å². The van der Waals surface area contributed by atoms with Crippen LogP contribution in [0.5, 0.6) is 5.88 Å². The van der Waals surface area contributed by atoms with Gasteiger partial charge in [0.15, 0.2) is 0 Å². The van der Waals surface area contributed by atoms with Crippen LogP contribution < -0.4 is 4.74 Å². The monoisotopic (exact) mass is 461 g/mol. The number of hydrogen-bond donors (Lipinski definition) is 1. The Bertz CT molecular complexity index is 1100. The van der Waals surface area contributed by atoms with Crippen molar-refractivity contribution in [1.82, 2.24) is 14.8 Å². The first-order valence-electron chi connectivity index (χ1n) is 11.8. The third kappa shape index (κ3) is 5.40. The van der Waals surface area contributed by atoms with Gasteiger partial charge in [-0.15, -0.1) is 0 Å². The van der Waals surface area contributed by atoms with E-state index in [1.54, 1.807) is 29.1 Å². The highest BCUT2D eigenvalue weighted by Gasteiger charge is 2.37. The van der Waals surface area contributed by atoms with E-state index in [1.807, 2.05) is 44.2 Å². The minimum atomic E-state index is -0.369. The first-order chi connectivity index (χ1) is 16.4. The van der Waals surface area contributed by atoms with Gasteiger partial charge >= 0.3 is 0 Å². The van der Waals surface area contributed by atoms with Crippen LogP contribution in [-0.4, -0.2) is 70.6 Å². The number of hydrogen-bond acceptors (Lipinski definition) is 5. The molecule has 4 rings (SSSR count). The molecular formula is C27H31N3O4. The maximum atomic E-state index is 13.5. The van der Waals surface area contributed by atoms with E-state index >= 15 is 0 Å². The van der Waals surface area contributed by atoms with E-state index in [0.29, 0.717) is 24.2 Å². The quantitative estimate of drug-likeness (QED) is 0.692. The van der Waals surface area contributed by atoms with Crippen molar-refractivity contribution in [3.63, 3.8) is 0 Å². The standard InChI is InChI=1S/C27H31N3O4/c1-18-15-30(19(2)17-31)27(33)23-13-21(10-9-20-7-5-4-6-8-20)14-28-25(23)34-24(18)16-29(3)26(32)22-11-12-22/h4-8,13-14,18-19,22,24,31H,11-12,15-17H2,1-3H3/t18-,19+,24+/m1/s1. The van der Waals surface area contributed by atoms with Gasteiger partial charge in [-0.05, 0) is 38.0 Å². The molecule has 2 heterocycles. The molecule has 3 atom stereocenters. The van der Waals surface area contributed by atoms with Crippen molar-refractivity contribution in [2.24, 2.45) is 11.8 Å². The maximum Gasteiger partial charge on any atom is 0.259 e. The summed E-state index contributed by atoms with van der Waals surface area (Å²) in [6.07, 6.45) is 3.14. The number of pyridine rings is 1. The molecule has 1 saturated carbocycles. The van der Waals surface area contributed by atoms with Gasteiger partial charge in [0.05, 0.1) is 19.2 Å². The Kier molecular flexibility index (Phi) is 7.18. The number of carbonyl (C=O) groups excluding carboxylic acids is 2. The van der Waals surface area contributed by atoms with Gasteiger partial charge in [0, 0.05) is 42.8 Å². The number of aliphatic hydroxyl groups excluding tert-OH is 1. The zero-order chi connectivity index (χ0) is 24.2. The summed E-state index contributed by atoms with van der Waals surface area (Å²) in [5, 5.41) is 9.80. The van der Waals surface area contributed by atoms with Gasteiger partial charge in [-0.2, -0.15) is 0 Å². The zero-order valence-corrected chi connectivity index (χ0v) is 19.9. The molecule has 178 valence electrons. The maximum absolute atomic E-state index is 13.5. The topological polar surface area (TPSA) is 83.0 Å². The molecule has 0 saturated heterocycles. The van der Waals surface area contributed by atoms with E-state index in [2.05, 4.69) is 16.8 Å². The van der Waals surface area contributed by atoms with Gasteiger partial charge in [0.2, 0.25) is 11.8 Å². The highest BCUT2D eigenvalue weighted by Crippen LogP contribution is 2.32. The van der Waals surface area contributed by atoms with Crippen molar-refractivity contribution >= 4 is 11.8 Å². The van der Waals surface area contributed by atoms with Crippen LogP contribution in [0.25, 0.3) is 0 Å². The fourth-order valence-electron chi connectivity index (χ4n) is 4.06. The van der Waals surface area contributed by atoms with Crippen LogP contribution >= 0.6 is 0 Å². The Balaban J connectivity index is 1.66. The Hall–Kier alpha value is -3.37.